The van der Waals surface area contributed by atoms with Crippen molar-refractivity contribution in [3.05, 3.63) is 0 Å². The molecule has 0 aromatic heterocycles. The second-order valence-electron chi connectivity index (χ2n) is 6.26. The minimum Gasteiger partial charge on any atom is -0.457 e. The quantitative estimate of drug-likeness (QED) is 0.614. The molecule has 84 valence electrons. The van der Waals surface area contributed by atoms with Gasteiger partial charge < -0.3 is 9.84 Å². The smallest absolute Gasteiger partial charge is 0.335 e. The van der Waals surface area contributed by atoms with Gasteiger partial charge in [-0.15, -0.1) is 0 Å². The van der Waals surface area contributed by atoms with Gasteiger partial charge in [-0.05, 0) is 37.0 Å². The molecule has 0 aromatic carbocycles. The number of carbonyl (C=O) groups is 1. The van der Waals surface area contributed by atoms with Gasteiger partial charge in [0.1, 0.15) is 5.60 Å². The Bertz CT molecular complexity index is 336. The molecular formula is C12H18O3. The zero-order valence-corrected chi connectivity index (χ0v) is 9.49. The molecule has 1 heterocycles. The molecule has 0 unspecified atom stereocenters. The predicted molar refractivity (Wildman–Crippen MR) is 54.0 cm³/mol. The van der Waals surface area contributed by atoms with Gasteiger partial charge in [-0.1, -0.05) is 13.8 Å². The van der Waals surface area contributed by atoms with E-state index in [1.165, 1.54) is 0 Å². The minimum atomic E-state index is -0.882. The normalized spacial score (nSPS) is 55.6. The topological polar surface area (TPSA) is 46.5 Å². The lowest BCUT2D eigenvalue weighted by molar-refractivity contribution is -0.153. The van der Waals surface area contributed by atoms with E-state index >= 15 is 0 Å². The zero-order chi connectivity index (χ0) is 11.0. The third-order valence-electron chi connectivity index (χ3n) is 5.16. The number of aliphatic hydroxyl groups excluding tert-OH is 1. The number of fused-ring (bicyclic) bond motifs is 2. The zero-order valence-electron chi connectivity index (χ0n) is 9.49. The number of esters is 1. The molecule has 15 heavy (non-hydrogen) atoms. The third kappa shape index (κ3) is 1.02. The van der Waals surface area contributed by atoms with Crippen LogP contribution in [0.2, 0.25) is 0 Å². The summed E-state index contributed by atoms with van der Waals surface area (Å²) in [7, 11) is 0. The van der Waals surface area contributed by atoms with Gasteiger partial charge in [0.15, 0.2) is 6.10 Å². The van der Waals surface area contributed by atoms with Gasteiger partial charge in [0.25, 0.3) is 0 Å². The van der Waals surface area contributed by atoms with E-state index < -0.39 is 17.7 Å². The number of hydrogen-bond donors (Lipinski definition) is 1. The molecule has 5 atom stereocenters. The van der Waals surface area contributed by atoms with Gasteiger partial charge in [0, 0.05) is 5.92 Å². The van der Waals surface area contributed by atoms with Crippen molar-refractivity contribution in [2.24, 2.45) is 23.2 Å². The van der Waals surface area contributed by atoms with Crippen molar-refractivity contribution in [3.63, 3.8) is 0 Å². The van der Waals surface area contributed by atoms with Crippen LogP contribution in [0.3, 0.4) is 0 Å². The van der Waals surface area contributed by atoms with Crippen LogP contribution in [0.15, 0.2) is 0 Å². The summed E-state index contributed by atoms with van der Waals surface area (Å²) in [6, 6.07) is 0. The molecule has 0 aromatic rings. The average Bonchev–Trinajstić information content (AvgIpc) is 2.54. The molecule has 3 nitrogen and oxygen atoms in total. The summed E-state index contributed by atoms with van der Waals surface area (Å²) in [5.41, 5.74) is -0.00901. The van der Waals surface area contributed by atoms with Crippen LogP contribution in [-0.4, -0.2) is 22.8 Å². The molecule has 1 N–H and O–H groups in total. The first-order chi connectivity index (χ1) is 6.86. The lowest BCUT2D eigenvalue weighted by Gasteiger charge is -2.33. The summed E-state index contributed by atoms with van der Waals surface area (Å²) >= 11 is 0. The fourth-order valence-electron chi connectivity index (χ4n) is 3.88. The van der Waals surface area contributed by atoms with E-state index in [1.807, 2.05) is 6.92 Å². The van der Waals surface area contributed by atoms with Crippen molar-refractivity contribution in [2.45, 2.75) is 45.3 Å². The molecule has 1 saturated heterocycles. The van der Waals surface area contributed by atoms with Crippen LogP contribution < -0.4 is 0 Å². The van der Waals surface area contributed by atoms with E-state index in [9.17, 15) is 9.90 Å². The van der Waals surface area contributed by atoms with Gasteiger partial charge in [-0.2, -0.15) is 0 Å². The molecule has 3 heteroatoms. The molecule has 2 saturated carbocycles. The van der Waals surface area contributed by atoms with Crippen LogP contribution in [0.1, 0.15) is 33.6 Å². The summed E-state index contributed by atoms with van der Waals surface area (Å²) < 4.78 is 5.37. The summed E-state index contributed by atoms with van der Waals surface area (Å²) in [5, 5.41) is 9.79. The van der Waals surface area contributed by atoms with Crippen molar-refractivity contribution >= 4 is 5.97 Å². The van der Waals surface area contributed by atoms with Gasteiger partial charge >= 0.3 is 5.97 Å². The Morgan fingerprint density at radius 2 is 1.93 bits per heavy atom. The first-order valence-electron chi connectivity index (χ1n) is 5.77. The number of rotatable bonds is 0. The van der Waals surface area contributed by atoms with Crippen LogP contribution in [-0.2, 0) is 9.53 Å². The monoisotopic (exact) mass is 210 g/mol. The molecule has 1 aliphatic heterocycles. The van der Waals surface area contributed by atoms with E-state index in [0.717, 1.165) is 12.8 Å². The molecule has 0 radical (unpaired) electrons. The molecule has 3 fully saturated rings. The highest BCUT2D eigenvalue weighted by Gasteiger charge is 2.68. The molecule has 3 rings (SSSR count). The number of hydrogen-bond acceptors (Lipinski definition) is 3. The Hall–Kier alpha value is -0.570. The van der Waals surface area contributed by atoms with Crippen molar-refractivity contribution in [2.75, 3.05) is 0 Å². The summed E-state index contributed by atoms with van der Waals surface area (Å²) in [6.45, 7) is 6.54. The van der Waals surface area contributed by atoms with Crippen molar-refractivity contribution < 1.29 is 14.6 Å². The number of aliphatic hydroxyl groups is 1. The maximum absolute atomic E-state index is 11.4. The Morgan fingerprint density at radius 3 is 2.60 bits per heavy atom. The van der Waals surface area contributed by atoms with E-state index in [0.29, 0.717) is 17.3 Å². The Kier molecular flexibility index (Phi) is 1.54. The highest BCUT2D eigenvalue weighted by atomic mass is 16.6. The highest BCUT2D eigenvalue weighted by Crippen LogP contribution is 2.69. The van der Waals surface area contributed by atoms with Crippen molar-refractivity contribution in [1.29, 1.82) is 0 Å². The largest absolute Gasteiger partial charge is 0.457 e. The Labute approximate surface area is 89.8 Å². The Morgan fingerprint density at radius 1 is 1.27 bits per heavy atom. The SMILES string of the molecule is CC1(C)[C@@H]2C[C@H]3[C@H](O)C(=O)O[C@@]3(C)C[C@@H]21. The Balaban J connectivity index is 1.90. The fourth-order valence-corrected chi connectivity index (χ4v) is 3.88. The number of carbonyl (C=O) groups excluding carboxylic acids is 1. The number of ether oxygens (including phenoxy) is 1. The predicted octanol–water partition coefficient (Wildman–Crippen LogP) is 1.34. The van der Waals surface area contributed by atoms with E-state index in [2.05, 4.69) is 13.8 Å². The summed E-state index contributed by atoms with van der Waals surface area (Å²) in [5.74, 6) is 0.964. The molecule has 0 bridgehead atoms. The van der Waals surface area contributed by atoms with E-state index in [1.54, 1.807) is 0 Å². The summed E-state index contributed by atoms with van der Waals surface area (Å²) in [6.07, 6.45) is 0.992. The van der Waals surface area contributed by atoms with Crippen molar-refractivity contribution in [3.8, 4) is 0 Å². The second-order valence-corrected chi connectivity index (χ2v) is 6.26. The van der Waals surface area contributed by atoms with E-state index in [4.69, 9.17) is 4.74 Å². The molecule has 3 aliphatic rings. The first kappa shape index (κ1) is 9.64. The molecule has 0 amide bonds. The average molecular weight is 210 g/mol. The highest BCUT2D eigenvalue weighted by molar-refractivity contribution is 5.78. The third-order valence-corrected chi connectivity index (χ3v) is 5.16. The molecule has 2 aliphatic carbocycles. The van der Waals surface area contributed by atoms with Gasteiger partial charge in [0.2, 0.25) is 0 Å². The maximum atomic E-state index is 11.4. The second kappa shape index (κ2) is 2.40. The standard InChI is InChI=1S/C12H18O3/c1-11(2)6-4-7-9(13)10(14)15-12(7,3)5-8(6)11/h6-9,13H,4-5H2,1-3H3/t6-,7+,8+,9+,12+/m1/s1. The van der Waals surface area contributed by atoms with E-state index in [-0.39, 0.29) is 5.92 Å². The first-order valence-corrected chi connectivity index (χ1v) is 5.77. The lowest BCUT2D eigenvalue weighted by atomic mass is 9.76. The van der Waals surface area contributed by atoms with Crippen LogP contribution in [0.5, 0.6) is 0 Å². The van der Waals surface area contributed by atoms with Gasteiger partial charge in [0.05, 0.1) is 0 Å². The summed E-state index contributed by atoms with van der Waals surface area (Å²) in [4.78, 5) is 11.4. The van der Waals surface area contributed by atoms with Crippen molar-refractivity contribution in [1.82, 2.24) is 0 Å². The maximum Gasteiger partial charge on any atom is 0.335 e. The van der Waals surface area contributed by atoms with Gasteiger partial charge in [-0.3, -0.25) is 0 Å². The fraction of sp³-hybridized carbons (Fsp3) is 0.917. The minimum absolute atomic E-state index is 0.0213. The molecular weight excluding hydrogens is 192 g/mol. The molecule has 0 spiro atoms. The van der Waals surface area contributed by atoms with Crippen LogP contribution in [0.25, 0.3) is 0 Å². The van der Waals surface area contributed by atoms with Crippen LogP contribution >= 0.6 is 0 Å². The lowest BCUT2D eigenvalue weighted by Crippen LogP contribution is -2.39. The van der Waals surface area contributed by atoms with Gasteiger partial charge in [-0.25, -0.2) is 4.79 Å². The van der Waals surface area contributed by atoms with Crippen LogP contribution in [0.4, 0.5) is 0 Å². The van der Waals surface area contributed by atoms with Crippen LogP contribution in [0, 0.1) is 23.2 Å².